The topological polar surface area (TPSA) is 50.3 Å². The number of anilines is 1. The normalized spacial score (nSPS) is 15.6. The van der Waals surface area contributed by atoms with Gasteiger partial charge in [0, 0.05) is 37.6 Å². The molecule has 0 saturated carbocycles. The van der Waals surface area contributed by atoms with Gasteiger partial charge in [-0.1, -0.05) is 12.1 Å². The van der Waals surface area contributed by atoms with E-state index < -0.39 is 0 Å². The van der Waals surface area contributed by atoms with Gasteiger partial charge in [-0.2, -0.15) is 0 Å². The fourth-order valence-corrected chi connectivity index (χ4v) is 2.48. The molecule has 1 N–H and O–H groups in total. The van der Waals surface area contributed by atoms with Gasteiger partial charge in [0.2, 0.25) is 5.95 Å². The van der Waals surface area contributed by atoms with Gasteiger partial charge >= 0.3 is 0 Å². The van der Waals surface area contributed by atoms with Crippen molar-refractivity contribution in [3.8, 4) is 16.9 Å². The van der Waals surface area contributed by atoms with E-state index >= 15 is 0 Å². The zero-order chi connectivity index (χ0) is 14.5. The lowest BCUT2D eigenvalue weighted by Gasteiger charge is -2.19. The Hall–Kier alpha value is -2.14. The van der Waals surface area contributed by atoms with Gasteiger partial charge in [-0.05, 0) is 30.7 Å². The average molecular weight is 284 g/mol. The van der Waals surface area contributed by atoms with Gasteiger partial charge < -0.3 is 15.0 Å². The second kappa shape index (κ2) is 6.54. The fraction of sp³-hybridized carbons (Fsp3) is 0.375. The zero-order valence-corrected chi connectivity index (χ0v) is 12.2. The van der Waals surface area contributed by atoms with Crippen molar-refractivity contribution in [2.24, 2.45) is 0 Å². The van der Waals surface area contributed by atoms with E-state index in [2.05, 4.69) is 20.2 Å². The molecule has 5 heteroatoms. The lowest BCUT2D eigenvalue weighted by molar-refractivity contribution is 0.415. The Morgan fingerprint density at radius 2 is 1.95 bits per heavy atom. The van der Waals surface area contributed by atoms with Crippen molar-refractivity contribution >= 4 is 5.95 Å². The molecule has 0 radical (unpaired) electrons. The molecular weight excluding hydrogens is 264 g/mol. The number of hydrogen-bond acceptors (Lipinski definition) is 5. The van der Waals surface area contributed by atoms with Crippen molar-refractivity contribution in [1.82, 2.24) is 15.3 Å². The number of methoxy groups -OCH3 is 1. The third-order valence-corrected chi connectivity index (χ3v) is 3.66. The van der Waals surface area contributed by atoms with Crippen LogP contribution in [0, 0.1) is 0 Å². The molecule has 5 nitrogen and oxygen atoms in total. The second-order valence-corrected chi connectivity index (χ2v) is 5.09. The summed E-state index contributed by atoms with van der Waals surface area (Å²) in [5, 5.41) is 3.39. The van der Waals surface area contributed by atoms with E-state index in [1.165, 1.54) is 0 Å². The summed E-state index contributed by atoms with van der Waals surface area (Å²) in [5.74, 6) is 1.65. The van der Waals surface area contributed by atoms with Crippen LogP contribution in [-0.4, -0.2) is 43.3 Å². The number of rotatable bonds is 3. The largest absolute Gasteiger partial charge is 0.497 e. The summed E-state index contributed by atoms with van der Waals surface area (Å²) in [4.78, 5) is 11.3. The van der Waals surface area contributed by atoms with Crippen LogP contribution in [0.2, 0.25) is 0 Å². The first-order chi connectivity index (χ1) is 10.4. The van der Waals surface area contributed by atoms with E-state index in [4.69, 9.17) is 4.74 Å². The van der Waals surface area contributed by atoms with E-state index in [9.17, 15) is 0 Å². The van der Waals surface area contributed by atoms with Crippen molar-refractivity contribution < 1.29 is 4.74 Å². The molecule has 21 heavy (non-hydrogen) atoms. The molecule has 0 atom stereocenters. The highest BCUT2D eigenvalue weighted by atomic mass is 16.5. The van der Waals surface area contributed by atoms with Crippen molar-refractivity contribution in [1.29, 1.82) is 0 Å². The number of nitrogens with one attached hydrogen (secondary N) is 1. The van der Waals surface area contributed by atoms with Crippen LogP contribution in [0.5, 0.6) is 5.75 Å². The molecule has 110 valence electrons. The molecule has 0 amide bonds. The number of ether oxygens (including phenoxy) is 1. The minimum atomic E-state index is 0.811. The molecule has 2 heterocycles. The first-order valence-electron chi connectivity index (χ1n) is 7.29. The maximum absolute atomic E-state index is 5.25. The van der Waals surface area contributed by atoms with Gasteiger partial charge in [0.05, 0.1) is 7.11 Å². The highest BCUT2D eigenvalue weighted by molar-refractivity contribution is 5.63. The van der Waals surface area contributed by atoms with Crippen LogP contribution in [0.4, 0.5) is 5.95 Å². The monoisotopic (exact) mass is 284 g/mol. The Labute approximate surface area is 125 Å². The van der Waals surface area contributed by atoms with Gasteiger partial charge in [0.25, 0.3) is 0 Å². The highest BCUT2D eigenvalue weighted by Crippen LogP contribution is 2.23. The van der Waals surface area contributed by atoms with Crippen LogP contribution in [0.15, 0.2) is 36.7 Å². The van der Waals surface area contributed by atoms with Crippen molar-refractivity contribution in [2.75, 3.05) is 38.2 Å². The van der Waals surface area contributed by atoms with Crippen LogP contribution in [0.3, 0.4) is 0 Å². The van der Waals surface area contributed by atoms with E-state index in [1.54, 1.807) is 7.11 Å². The summed E-state index contributed by atoms with van der Waals surface area (Å²) in [5.41, 5.74) is 2.07. The summed E-state index contributed by atoms with van der Waals surface area (Å²) in [6, 6.07) is 7.94. The van der Waals surface area contributed by atoms with Crippen LogP contribution in [0.25, 0.3) is 11.1 Å². The standard InChI is InChI=1S/C16H20N4O/c1-21-15-5-2-4-13(10-15)14-11-18-16(19-12-14)20-8-3-6-17-7-9-20/h2,4-5,10-12,17H,3,6-9H2,1H3. The van der Waals surface area contributed by atoms with E-state index in [1.807, 2.05) is 36.7 Å². The number of benzene rings is 1. The summed E-state index contributed by atoms with van der Waals surface area (Å²) < 4.78 is 5.25. The van der Waals surface area contributed by atoms with Gasteiger partial charge in [-0.15, -0.1) is 0 Å². The lowest BCUT2D eigenvalue weighted by Crippen LogP contribution is -2.29. The SMILES string of the molecule is COc1cccc(-c2cnc(N3CCCNCC3)nc2)c1. The van der Waals surface area contributed by atoms with Gasteiger partial charge in [0.1, 0.15) is 5.75 Å². The Kier molecular flexibility index (Phi) is 4.31. The molecule has 0 spiro atoms. The molecule has 1 fully saturated rings. The molecule has 0 unspecified atom stereocenters. The van der Waals surface area contributed by atoms with E-state index in [0.29, 0.717) is 0 Å². The molecular formula is C16H20N4O. The molecule has 1 aliphatic rings. The Balaban J connectivity index is 1.79. The van der Waals surface area contributed by atoms with Crippen LogP contribution >= 0.6 is 0 Å². The molecule has 0 bridgehead atoms. The van der Waals surface area contributed by atoms with Gasteiger partial charge in [0.15, 0.2) is 0 Å². The van der Waals surface area contributed by atoms with Crippen molar-refractivity contribution in [2.45, 2.75) is 6.42 Å². The molecule has 1 saturated heterocycles. The van der Waals surface area contributed by atoms with Gasteiger partial charge in [-0.25, -0.2) is 9.97 Å². The first kappa shape index (κ1) is 13.8. The highest BCUT2D eigenvalue weighted by Gasteiger charge is 2.12. The fourth-order valence-electron chi connectivity index (χ4n) is 2.48. The molecule has 2 aromatic rings. The van der Waals surface area contributed by atoms with E-state index in [0.717, 1.165) is 55.4 Å². The third-order valence-electron chi connectivity index (χ3n) is 3.66. The second-order valence-electron chi connectivity index (χ2n) is 5.09. The molecule has 1 aromatic carbocycles. The van der Waals surface area contributed by atoms with Crippen LogP contribution in [0.1, 0.15) is 6.42 Å². The minimum Gasteiger partial charge on any atom is -0.497 e. The maximum Gasteiger partial charge on any atom is 0.225 e. The Bertz CT molecular complexity index is 577. The Morgan fingerprint density at radius 3 is 2.76 bits per heavy atom. The number of aromatic nitrogens is 2. The predicted octanol–water partition coefficient (Wildman–Crippen LogP) is 1.95. The van der Waals surface area contributed by atoms with Crippen LogP contribution < -0.4 is 15.0 Å². The lowest BCUT2D eigenvalue weighted by atomic mass is 10.1. The first-order valence-corrected chi connectivity index (χ1v) is 7.29. The molecule has 1 aliphatic heterocycles. The molecule has 1 aromatic heterocycles. The predicted molar refractivity (Wildman–Crippen MR) is 83.7 cm³/mol. The maximum atomic E-state index is 5.25. The van der Waals surface area contributed by atoms with Crippen molar-refractivity contribution in [3.63, 3.8) is 0 Å². The Morgan fingerprint density at radius 1 is 1.10 bits per heavy atom. The average Bonchev–Trinajstić information content (AvgIpc) is 2.84. The third kappa shape index (κ3) is 3.31. The van der Waals surface area contributed by atoms with Crippen LogP contribution in [-0.2, 0) is 0 Å². The quantitative estimate of drug-likeness (QED) is 0.933. The van der Waals surface area contributed by atoms with E-state index in [-0.39, 0.29) is 0 Å². The molecule has 0 aliphatic carbocycles. The summed E-state index contributed by atoms with van der Waals surface area (Å²) in [6.45, 7) is 4.02. The smallest absolute Gasteiger partial charge is 0.225 e. The molecule has 3 rings (SSSR count). The van der Waals surface area contributed by atoms with Gasteiger partial charge in [-0.3, -0.25) is 0 Å². The zero-order valence-electron chi connectivity index (χ0n) is 12.2. The summed E-state index contributed by atoms with van der Waals surface area (Å²) >= 11 is 0. The number of nitrogens with zero attached hydrogens (tertiary/aromatic N) is 3. The summed E-state index contributed by atoms with van der Waals surface area (Å²) in [7, 11) is 1.67. The van der Waals surface area contributed by atoms with Crippen molar-refractivity contribution in [3.05, 3.63) is 36.7 Å². The summed E-state index contributed by atoms with van der Waals surface area (Å²) in [6.07, 6.45) is 4.89. The minimum absolute atomic E-state index is 0.811. The number of hydrogen-bond donors (Lipinski definition) is 1.